The third-order valence-corrected chi connectivity index (χ3v) is 8.03. The number of para-hydroxylation sites is 1. The van der Waals surface area contributed by atoms with E-state index in [0.717, 1.165) is 10.6 Å². The Balaban J connectivity index is 1.63. The molecule has 0 aliphatic heterocycles. The summed E-state index contributed by atoms with van der Waals surface area (Å²) in [6, 6.07) is 24.6. The number of benzene rings is 2. The van der Waals surface area contributed by atoms with Crippen molar-refractivity contribution in [3.05, 3.63) is 119 Å². The van der Waals surface area contributed by atoms with Crippen LogP contribution in [0.2, 0.25) is 0 Å². The maximum Gasteiger partial charge on any atom is 0.263 e. The van der Waals surface area contributed by atoms with Crippen molar-refractivity contribution >= 4 is 33.2 Å². The molecule has 9 heteroatoms. The van der Waals surface area contributed by atoms with Crippen LogP contribution in [0, 0.1) is 0 Å². The Morgan fingerprint density at radius 1 is 0.972 bits per heavy atom. The lowest BCUT2D eigenvalue weighted by Crippen LogP contribution is -2.28. The van der Waals surface area contributed by atoms with Crippen molar-refractivity contribution in [2.75, 3.05) is 0 Å². The van der Waals surface area contributed by atoms with Crippen molar-refractivity contribution < 1.29 is 17.6 Å². The number of aromatic nitrogens is 2. The van der Waals surface area contributed by atoms with Gasteiger partial charge in [-0.2, -0.15) is 5.10 Å². The van der Waals surface area contributed by atoms with Crippen LogP contribution in [0.3, 0.4) is 0 Å². The number of hydrogen-bond acceptors (Lipinski definition) is 6. The molecule has 1 N–H and O–H groups in total. The fourth-order valence-corrected chi connectivity index (χ4v) is 5.71. The molecule has 7 nitrogen and oxygen atoms in total. The minimum absolute atomic E-state index is 0.0255. The fourth-order valence-electron chi connectivity index (χ4n) is 3.61. The van der Waals surface area contributed by atoms with Crippen LogP contribution in [0.5, 0.6) is 0 Å². The minimum atomic E-state index is -4.15. The Bertz CT molecular complexity index is 1590. The van der Waals surface area contributed by atoms with Gasteiger partial charge in [0.15, 0.2) is 0 Å². The molecule has 3 aromatic heterocycles. The number of carbonyl (C=O) groups excluding carboxylic acids is 1. The van der Waals surface area contributed by atoms with E-state index in [2.05, 4.69) is 5.32 Å². The molecule has 0 aliphatic rings. The van der Waals surface area contributed by atoms with E-state index in [1.807, 2.05) is 47.8 Å². The Morgan fingerprint density at radius 3 is 2.39 bits per heavy atom. The Morgan fingerprint density at radius 2 is 1.72 bits per heavy atom. The van der Waals surface area contributed by atoms with Gasteiger partial charge < -0.3 is 9.73 Å². The molecule has 2 aromatic carbocycles. The van der Waals surface area contributed by atoms with E-state index in [9.17, 15) is 13.2 Å². The number of carbonyl (C=O) groups is 1. The largest absolute Gasteiger partial charge is 0.467 e. The second kappa shape index (κ2) is 10.2. The zero-order valence-electron chi connectivity index (χ0n) is 18.9. The molecule has 0 fully saturated rings. The Kier molecular flexibility index (Phi) is 6.66. The molecule has 0 bridgehead atoms. The van der Waals surface area contributed by atoms with Crippen molar-refractivity contribution in [3.8, 4) is 16.3 Å². The molecular weight excluding hydrogens is 494 g/mol. The van der Waals surface area contributed by atoms with E-state index < -0.39 is 15.7 Å². The van der Waals surface area contributed by atoms with Crippen LogP contribution in [0.1, 0.15) is 11.3 Å². The van der Waals surface area contributed by atoms with Crippen molar-refractivity contribution in [2.45, 2.75) is 11.4 Å². The zero-order valence-corrected chi connectivity index (χ0v) is 20.6. The van der Waals surface area contributed by atoms with Crippen molar-refractivity contribution in [2.24, 2.45) is 0 Å². The van der Waals surface area contributed by atoms with Crippen LogP contribution in [0.4, 0.5) is 0 Å². The first-order valence-corrected chi connectivity index (χ1v) is 13.4. The smallest absolute Gasteiger partial charge is 0.263 e. The predicted molar refractivity (Wildman–Crippen MR) is 139 cm³/mol. The van der Waals surface area contributed by atoms with Crippen LogP contribution < -0.4 is 5.32 Å². The van der Waals surface area contributed by atoms with E-state index in [1.165, 1.54) is 35.8 Å². The first-order chi connectivity index (χ1) is 17.5. The van der Waals surface area contributed by atoms with Crippen LogP contribution >= 0.6 is 11.3 Å². The van der Waals surface area contributed by atoms with E-state index in [0.29, 0.717) is 17.0 Å². The van der Waals surface area contributed by atoms with Crippen LogP contribution in [0.15, 0.2) is 117 Å². The van der Waals surface area contributed by atoms with Crippen molar-refractivity contribution in [1.82, 2.24) is 15.1 Å². The van der Waals surface area contributed by atoms with E-state index in [-0.39, 0.29) is 16.3 Å². The van der Waals surface area contributed by atoms with Gasteiger partial charge in [0.05, 0.1) is 28.3 Å². The second-order valence-electron chi connectivity index (χ2n) is 7.78. The summed E-state index contributed by atoms with van der Waals surface area (Å²) in [7, 11) is -4.15. The SMILES string of the molecule is O=C(NCc1ccco1)/C(=C\c1cn(-c2ccccc2)nc1-c1cccs1)S(=O)(=O)c1ccccc1. The molecule has 0 saturated carbocycles. The molecular formula is C27H21N3O4S2. The number of furan rings is 1. The molecule has 0 aliphatic carbocycles. The maximum absolute atomic E-state index is 13.6. The van der Waals surface area contributed by atoms with Crippen molar-refractivity contribution in [1.29, 1.82) is 0 Å². The lowest BCUT2D eigenvalue weighted by Gasteiger charge is -2.10. The van der Waals surface area contributed by atoms with Gasteiger partial charge in [0.2, 0.25) is 9.84 Å². The normalized spacial score (nSPS) is 11.9. The summed E-state index contributed by atoms with van der Waals surface area (Å²) in [4.78, 5) is 13.8. The van der Waals surface area contributed by atoms with E-state index in [1.54, 1.807) is 41.2 Å². The summed E-state index contributed by atoms with van der Waals surface area (Å²) < 4.78 is 34.2. The lowest BCUT2D eigenvalue weighted by atomic mass is 10.2. The Hall–Kier alpha value is -4.21. The molecule has 180 valence electrons. The minimum Gasteiger partial charge on any atom is -0.467 e. The van der Waals surface area contributed by atoms with Crippen LogP contribution in [-0.4, -0.2) is 24.1 Å². The number of nitrogens with one attached hydrogen (secondary N) is 1. The molecule has 0 unspecified atom stereocenters. The van der Waals surface area contributed by atoms with E-state index in [4.69, 9.17) is 9.52 Å². The molecule has 3 heterocycles. The molecule has 0 atom stereocenters. The summed E-state index contributed by atoms with van der Waals surface area (Å²) in [5.41, 5.74) is 1.89. The van der Waals surface area contributed by atoms with Gasteiger partial charge in [-0.3, -0.25) is 4.79 Å². The third-order valence-electron chi connectivity index (χ3n) is 5.37. The molecule has 5 rings (SSSR count). The maximum atomic E-state index is 13.6. The zero-order chi connectivity index (χ0) is 25.0. The van der Waals surface area contributed by atoms with Crippen LogP contribution in [0.25, 0.3) is 22.3 Å². The van der Waals surface area contributed by atoms with Gasteiger partial charge in [-0.25, -0.2) is 13.1 Å². The standard InChI is InChI=1S/C27H21N3O4S2/c31-27(28-18-22-11-7-15-34-22)25(36(32,33)23-12-5-2-6-13-23)17-20-19-30(21-9-3-1-4-10-21)29-26(20)24-14-8-16-35-24/h1-17,19H,18H2,(H,28,31)/b25-17+. The molecule has 0 radical (unpaired) electrons. The fraction of sp³-hybridized carbons (Fsp3) is 0.0370. The van der Waals surface area contributed by atoms with Gasteiger partial charge >= 0.3 is 0 Å². The topological polar surface area (TPSA) is 94.2 Å². The summed E-state index contributed by atoms with van der Waals surface area (Å²) in [5.74, 6) is -0.226. The first kappa shape index (κ1) is 23.5. The predicted octanol–water partition coefficient (Wildman–Crippen LogP) is 5.33. The number of sulfone groups is 1. The van der Waals surface area contributed by atoms with Gasteiger partial charge in [0.25, 0.3) is 5.91 Å². The molecule has 0 saturated heterocycles. The monoisotopic (exact) mass is 515 g/mol. The average Bonchev–Trinajstić information content (AvgIpc) is 3.69. The summed E-state index contributed by atoms with van der Waals surface area (Å²) in [5, 5.41) is 9.31. The number of hydrogen-bond donors (Lipinski definition) is 1. The van der Waals surface area contributed by atoms with Crippen molar-refractivity contribution in [3.63, 3.8) is 0 Å². The summed E-state index contributed by atoms with van der Waals surface area (Å²) in [6.45, 7) is 0.0501. The first-order valence-electron chi connectivity index (χ1n) is 11.0. The molecule has 5 aromatic rings. The quantitative estimate of drug-likeness (QED) is 0.282. The van der Waals surface area contributed by atoms with E-state index >= 15 is 0 Å². The molecule has 0 spiro atoms. The highest BCUT2D eigenvalue weighted by molar-refractivity contribution is 7.96. The van der Waals surface area contributed by atoms with Gasteiger partial charge in [0.1, 0.15) is 16.4 Å². The Labute approximate surface area is 212 Å². The lowest BCUT2D eigenvalue weighted by molar-refractivity contribution is -0.117. The van der Waals surface area contributed by atoms with Gasteiger partial charge in [0, 0.05) is 11.8 Å². The molecule has 36 heavy (non-hydrogen) atoms. The number of thiophene rings is 1. The van der Waals surface area contributed by atoms with Gasteiger partial charge in [-0.1, -0.05) is 42.5 Å². The molecule has 1 amide bonds. The highest BCUT2D eigenvalue weighted by Gasteiger charge is 2.28. The summed E-state index contributed by atoms with van der Waals surface area (Å²) >= 11 is 1.48. The second-order valence-corrected chi connectivity index (χ2v) is 10.6. The summed E-state index contributed by atoms with van der Waals surface area (Å²) in [6.07, 6.45) is 4.61. The highest BCUT2D eigenvalue weighted by Crippen LogP contribution is 2.31. The highest BCUT2D eigenvalue weighted by atomic mass is 32.2. The number of amides is 1. The number of nitrogens with zero attached hydrogens (tertiary/aromatic N) is 2. The third kappa shape index (κ3) is 4.93. The van der Waals surface area contributed by atoms with Gasteiger partial charge in [-0.05, 0) is 53.9 Å². The van der Waals surface area contributed by atoms with Crippen LogP contribution in [-0.2, 0) is 21.2 Å². The number of rotatable bonds is 8. The van der Waals surface area contributed by atoms with Gasteiger partial charge in [-0.15, -0.1) is 11.3 Å². The average molecular weight is 516 g/mol.